The lowest BCUT2D eigenvalue weighted by Crippen LogP contribution is -2.70. The number of nitrogens with two attached hydrogens (primary N) is 1. The number of thiazole rings is 1. The van der Waals surface area contributed by atoms with E-state index in [0.717, 1.165) is 27.1 Å². The van der Waals surface area contributed by atoms with Crippen LogP contribution >= 0.6 is 23.1 Å². The molecule has 0 bridgehead atoms. The van der Waals surface area contributed by atoms with E-state index in [-0.39, 0.29) is 12.2 Å². The normalized spacial score (nSPS) is 15.3. The number of carbonyl (C=O) groups is 1. The van der Waals surface area contributed by atoms with Crippen LogP contribution in [-0.4, -0.2) is 23.4 Å². The molecule has 1 atom stereocenters. The van der Waals surface area contributed by atoms with Crippen molar-refractivity contribution >= 4 is 40.8 Å². The number of nitrogens with zero attached hydrogens (tertiary/aromatic N) is 2. The number of benzene rings is 2. The molecule has 1 unspecified atom stereocenters. The number of furan rings is 1. The van der Waals surface area contributed by atoms with E-state index in [0.29, 0.717) is 37.8 Å². The van der Waals surface area contributed by atoms with E-state index < -0.39 is 12.0 Å². The summed E-state index contributed by atoms with van der Waals surface area (Å²) in [5.41, 5.74) is 4.52. The maximum atomic E-state index is 13.8. The molecule has 2 aromatic carbocycles. The Hall–Kier alpha value is -3.70. The predicted octanol–water partition coefficient (Wildman–Crippen LogP) is 3.78. The Balaban J connectivity index is 1.62. The third kappa shape index (κ3) is 5.16. The van der Waals surface area contributed by atoms with Crippen molar-refractivity contribution in [3.8, 4) is 11.3 Å². The molecule has 0 spiro atoms. The molecular formula is C29H27N3O5S2. The van der Waals surface area contributed by atoms with Crippen molar-refractivity contribution in [1.82, 2.24) is 4.57 Å². The summed E-state index contributed by atoms with van der Waals surface area (Å²) in [4.78, 5) is 33.0. The third-order valence-corrected chi connectivity index (χ3v) is 8.24. The van der Waals surface area contributed by atoms with Crippen LogP contribution < -0.4 is 20.4 Å². The Kier molecular flexibility index (Phi) is 7.72. The van der Waals surface area contributed by atoms with Crippen LogP contribution in [-0.2, 0) is 9.53 Å². The topological polar surface area (TPSA) is 113 Å². The number of hydrogen-bond acceptors (Lipinski definition) is 8. The molecule has 0 saturated carbocycles. The Bertz CT molecular complexity index is 1760. The van der Waals surface area contributed by atoms with Gasteiger partial charge in [-0.3, -0.25) is 9.36 Å². The average Bonchev–Trinajstić information content (AvgIpc) is 3.52. The van der Waals surface area contributed by atoms with Gasteiger partial charge in [0.15, 0.2) is 4.80 Å². The van der Waals surface area contributed by atoms with E-state index >= 15 is 0 Å². The van der Waals surface area contributed by atoms with E-state index in [1.54, 1.807) is 54.5 Å². The number of thioether (sulfide) groups is 1. The van der Waals surface area contributed by atoms with E-state index in [4.69, 9.17) is 9.15 Å². The van der Waals surface area contributed by atoms with Crippen LogP contribution in [0.5, 0.6) is 0 Å². The fourth-order valence-corrected chi connectivity index (χ4v) is 6.01. The monoisotopic (exact) mass is 561 g/mol. The molecule has 3 heterocycles. The highest BCUT2D eigenvalue weighted by atomic mass is 32.2. The van der Waals surface area contributed by atoms with Gasteiger partial charge in [-0.15, -0.1) is 11.8 Å². The molecule has 0 aliphatic carbocycles. The van der Waals surface area contributed by atoms with Crippen molar-refractivity contribution < 1.29 is 19.4 Å². The highest BCUT2D eigenvalue weighted by Gasteiger charge is 2.33. The molecule has 5 rings (SSSR count). The molecule has 1 aliphatic heterocycles. The molecule has 1 aliphatic rings. The summed E-state index contributed by atoms with van der Waals surface area (Å²) >= 11 is 2.86. The molecule has 0 radical (unpaired) electrons. The summed E-state index contributed by atoms with van der Waals surface area (Å²) in [5.74, 6) is 0.603. The van der Waals surface area contributed by atoms with Crippen molar-refractivity contribution in [3.63, 3.8) is 0 Å². The molecule has 0 fully saturated rings. The van der Waals surface area contributed by atoms with Crippen LogP contribution in [0.15, 0.2) is 85.0 Å². The molecule has 8 nitrogen and oxygen atoms in total. The third-order valence-electron chi connectivity index (χ3n) is 6.51. The number of ether oxygens (including phenoxy) is 1. The molecule has 0 saturated heterocycles. The van der Waals surface area contributed by atoms with Crippen LogP contribution in [0.1, 0.15) is 36.8 Å². The minimum atomic E-state index is -0.667. The molecule has 2 aromatic heterocycles. The van der Waals surface area contributed by atoms with Gasteiger partial charge in [-0.2, -0.15) is 0 Å². The maximum Gasteiger partial charge on any atom is 0.338 e. The zero-order chi connectivity index (χ0) is 27.7. The second kappa shape index (κ2) is 11.2. The highest BCUT2D eigenvalue weighted by molar-refractivity contribution is 7.98. The van der Waals surface area contributed by atoms with Crippen LogP contribution in [0.25, 0.3) is 17.4 Å². The first-order valence-electron chi connectivity index (χ1n) is 12.3. The second-order valence-electron chi connectivity index (χ2n) is 8.97. The highest BCUT2D eigenvalue weighted by Crippen LogP contribution is 2.32. The fraction of sp³-hybridized carbons (Fsp3) is 0.207. The summed E-state index contributed by atoms with van der Waals surface area (Å²) in [6, 6.07) is 16.1. The molecule has 200 valence electrons. The van der Waals surface area contributed by atoms with Crippen LogP contribution in [0.2, 0.25) is 0 Å². The number of esters is 1. The van der Waals surface area contributed by atoms with Crippen molar-refractivity contribution in [2.45, 2.75) is 31.7 Å². The van der Waals surface area contributed by atoms with Crippen molar-refractivity contribution in [2.75, 3.05) is 12.9 Å². The quantitative estimate of drug-likeness (QED) is 0.159. The predicted molar refractivity (Wildman–Crippen MR) is 152 cm³/mol. The smallest absolute Gasteiger partial charge is 0.338 e. The van der Waals surface area contributed by atoms with Crippen molar-refractivity contribution in [1.29, 1.82) is 0 Å². The van der Waals surface area contributed by atoms with Gasteiger partial charge in [0, 0.05) is 22.6 Å². The van der Waals surface area contributed by atoms with Gasteiger partial charge in [-0.25, -0.2) is 9.79 Å². The van der Waals surface area contributed by atoms with Gasteiger partial charge in [0.25, 0.3) is 5.56 Å². The molecule has 10 heteroatoms. The SMILES string of the molecule is CCOC(=O)C1=C(C)N=c2s/c(=C\c3ccc(-c4cc([NH2+][O-])ccc4C)o3)c(=O)n2C1c1ccc(SC)cc1. The molecule has 2 N–H and O–H groups in total. The maximum absolute atomic E-state index is 13.8. The van der Waals surface area contributed by atoms with E-state index in [9.17, 15) is 14.8 Å². The van der Waals surface area contributed by atoms with Crippen LogP contribution in [0.4, 0.5) is 5.69 Å². The van der Waals surface area contributed by atoms with E-state index in [1.807, 2.05) is 49.6 Å². The van der Waals surface area contributed by atoms with Gasteiger partial charge in [0.1, 0.15) is 17.2 Å². The van der Waals surface area contributed by atoms with Gasteiger partial charge in [-0.05, 0) is 68.5 Å². The van der Waals surface area contributed by atoms with E-state index in [1.165, 1.54) is 11.3 Å². The zero-order valence-electron chi connectivity index (χ0n) is 21.9. The minimum absolute atomic E-state index is 0.216. The number of hydrogen-bond donors (Lipinski definition) is 1. The number of aromatic nitrogens is 1. The standard InChI is InChI=1S/C29H27N3O5S2/c1-5-36-28(34)25-17(3)30-29-32(26(25)18-7-11-21(38-4)12-8-18)27(33)24(39-29)15-20-10-13-23(37-20)22-14-19(31-35)9-6-16(22)2/h6-15,26H,5,31H2,1-4H3/b24-15-. The lowest BCUT2D eigenvalue weighted by molar-refractivity contribution is -0.497. The lowest BCUT2D eigenvalue weighted by atomic mass is 9.96. The van der Waals surface area contributed by atoms with Gasteiger partial charge in [0.2, 0.25) is 0 Å². The van der Waals surface area contributed by atoms with Crippen LogP contribution in [0.3, 0.4) is 0 Å². The first kappa shape index (κ1) is 26.9. The zero-order valence-corrected chi connectivity index (χ0v) is 23.5. The van der Waals surface area contributed by atoms with Crippen molar-refractivity contribution in [2.24, 2.45) is 4.99 Å². The van der Waals surface area contributed by atoms with Crippen molar-refractivity contribution in [3.05, 3.63) is 108 Å². The minimum Gasteiger partial charge on any atom is -0.630 e. The molecule has 4 aromatic rings. The van der Waals surface area contributed by atoms with Gasteiger partial charge in [-0.1, -0.05) is 29.5 Å². The Morgan fingerprint density at radius 3 is 2.67 bits per heavy atom. The number of aryl methyl sites for hydroxylation is 1. The number of quaternary nitrogens is 1. The van der Waals surface area contributed by atoms with Gasteiger partial charge >= 0.3 is 5.97 Å². The molecule has 39 heavy (non-hydrogen) atoms. The average molecular weight is 562 g/mol. The number of rotatable bonds is 7. The summed E-state index contributed by atoms with van der Waals surface area (Å²) < 4.78 is 13.4. The summed E-state index contributed by atoms with van der Waals surface area (Å²) in [5, 5.41) is 11.3. The number of fused-ring (bicyclic) bond motifs is 1. The van der Waals surface area contributed by atoms with Gasteiger partial charge < -0.3 is 19.8 Å². The largest absolute Gasteiger partial charge is 0.630 e. The second-order valence-corrected chi connectivity index (χ2v) is 10.9. The Morgan fingerprint density at radius 2 is 1.97 bits per heavy atom. The molecule has 0 amide bonds. The molecular weight excluding hydrogens is 534 g/mol. The summed E-state index contributed by atoms with van der Waals surface area (Å²) in [6.45, 7) is 5.67. The lowest BCUT2D eigenvalue weighted by Gasteiger charge is -2.24. The van der Waals surface area contributed by atoms with E-state index in [2.05, 4.69) is 4.99 Å². The van der Waals surface area contributed by atoms with Crippen LogP contribution in [0, 0.1) is 12.1 Å². The summed E-state index contributed by atoms with van der Waals surface area (Å²) in [6.07, 6.45) is 3.68. The first-order valence-corrected chi connectivity index (χ1v) is 14.4. The first-order chi connectivity index (χ1) is 18.8. The number of carbonyl (C=O) groups excluding carboxylic acids is 1. The Labute approximate surface area is 232 Å². The summed E-state index contributed by atoms with van der Waals surface area (Å²) in [7, 11) is 0. The fourth-order valence-electron chi connectivity index (χ4n) is 4.58. The number of allylic oxidation sites excluding steroid dienone is 1. The van der Waals surface area contributed by atoms with Gasteiger partial charge in [0.05, 0.1) is 28.5 Å². The Morgan fingerprint density at radius 1 is 1.21 bits per heavy atom.